The average Bonchev–Trinajstić information content (AvgIpc) is 2.70. The number of aryl methyl sites for hydroxylation is 1. The predicted octanol–water partition coefficient (Wildman–Crippen LogP) is 2.42. The minimum Gasteiger partial charge on any atom is -0.478 e. The van der Waals surface area contributed by atoms with Crippen molar-refractivity contribution >= 4 is 5.97 Å². The number of carboxylic acids is 1. The summed E-state index contributed by atoms with van der Waals surface area (Å²) in [5.41, 5.74) is -2.70. The molecule has 0 saturated heterocycles. The van der Waals surface area contributed by atoms with Gasteiger partial charge in [-0.15, -0.1) is 0 Å². The summed E-state index contributed by atoms with van der Waals surface area (Å²) in [6.07, 6.45) is -3.78. The van der Waals surface area contributed by atoms with Crippen LogP contribution in [0.15, 0.2) is 6.20 Å². The molecule has 19 heavy (non-hydrogen) atoms. The van der Waals surface area contributed by atoms with Gasteiger partial charge in [-0.05, 0) is 20.3 Å². The Morgan fingerprint density at radius 3 is 2.47 bits per heavy atom. The maximum Gasteiger partial charge on any atom is 0.433 e. The van der Waals surface area contributed by atoms with Crippen molar-refractivity contribution in [1.82, 2.24) is 9.78 Å². The molecule has 0 aliphatic rings. The van der Waals surface area contributed by atoms with Gasteiger partial charge in [0.05, 0.1) is 11.8 Å². The number of rotatable bonds is 5. The van der Waals surface area contributed by atoms with E-state index >= 15 is 0 Å². The van der Waals surface area contributed by atoms with E-state index in [-0.39, 0.29) is 13.0 Å². The summed E-state index contributed by atoms with van der Waals surface area (Å²) in [5, 5.41) is 12.2. The second-order valence-electron chi connectivity index (χ2n) is 4.65. The minimum absolute atomic E-state index is 0.0804. The molecule has 108 valence electrons. The van der Waals surface area contributed by atoms with Gasteiger partial charge in [-0.2, -0.15) is 18.3 Å². The Morgan fingerprint density at radius 2 is 2.05 bits per heavy atom. The van der Waals surface area contributed by atoms with Crippen molar-refractivity contribution in [3.8, 4) is 0 Å². The second-order valence-corrected chi connectivity index (χ2v) is 4.65. The molecule has 0 amide bonds. The lowest BCUT2D eigenvalue weighted by Gasteiger charge is -2.23. The first-order chi connectivity index (χ1) is 8.58. The Bertz CT molecular complexity index is 466. The molecule has 5 nitrogen and oxygen atoms in total. The van der Waals surface area contributed by atoms with Crippen LogP contribution in [0.3, 0.4) is 0 Å². The van der Waals surface area contributed by atoms with E-state index in [1.54, 1.807) is 13.8 Å². The fourth-order valence-electron chi connectivity index (χ4n) is 1.49. The molecule has 0 radical (unpaired) electrons. The standard InChI is InChI=1S/C11H15F3N2O3/c1-10(2,19-3)4-5-16-8(11(12,13)14)7(6-15-16)9(17)18/h6H,4-5H2,1-3H3,(H,17,18). The lowest BCUT2D eigenvalue weighted by molar-refractivity contribution is -0.145. The van der Waals surface area contributed by atoms with Crippen molar-refractivity contribution in [2.45, 2.75) is 38.6 Å². The summed E-state index contributed by atoms with van der Waals surface area (Å²) in [4.78, 5) is 10.8. The molecule has 1 aromatic rings. The van der Waals surface area contributed by atoms with E-state index in [9.17, 15) is 18.0 Å². The van der Waals surface area contributed by atoms with Crippen LogP contribution in [0.4, 0.5) is 13.2 Å². The molecule has 1 heterocycles. The summed E-state index contributed by atoms with van der Waals surface area (Å²) < 4.78 is 44.3. The number of methoxy groups -OCH3 is 1. The fourth-order valence-corrected chi connectivity index (χ4v) is 1.49. The third-order valence-electron chi connectivity index (χ3n) is 2.82. The van der Waals surface area contributed by atoms with Crippen LogP contribution in [0.1, 0.15) is 36.3 Å². The van der Waals surface area contributed by atoms with Crippen LogP contribution in [0.2, 0.25) is 0 Å². The lowest BCUT2D eigenvalue weighted by atomic mass is 10.1. The van der Waals surface area contributed by atoms with E-state index in [0.717, 1.165) is 0 Å². The van der Waals surface area contributed by atoms with Crippen LogP contribution < -0.4 is 0 Å². The summed E-state index contributed by atoms with van der Waals surface area (Å²) in [6, 6.07) is 0. The zero-order valence-electron chi connectivity index (χ0n) is 10.8. The molecule has 0 spiro atoms. The number of nitrogens with zero attached hydrogens (tertiary/aromatic N) is 2. The number of hydrogen-bond acceptors (Lipinski definition) is 3. The number of aromatic carboxylic acids is 1. The molecular weight excluding hydrogens is 265 g/mol. The van der Waals surface area contributed by atoms with Gasteiger partial charge in [0.2, 0.25) is 0 Å². The molecule has 0 aliphatic heterocycles. The van der Waals surface area contributed by atoms with E-state index in [0.29, 0.717) is 10.9 Å². The van der Waals surface area contributed by atoms with Gasteiger partial charge < -0.3 is 9.84 Å². The van der Waals surface area contributed by atoms with E-state index in [4.69, 9.17) is 9.84 Å². The van der Waals surface area contributed by atoms with Gasteiger partial charge in [0.15, 0.2) is 5.69 Å². The highest BCUT2D eigenvalue weighted by Gasteiger charge is 2.40. The maximum absolute atomic E-state index is 12.8. The first kappa shape index (κ1) is 15.5. The van der Waals surface area contributed by atoms with Crippen LogP contribution in [-0.4, -0.2) is 33.6 Å². The number of halogens is 3. The highest BCUT2D eigenvalue weighted by Crippen LogP contribution is 2.32. The smallest absolute Gasteiger partial charge is 0.433 e. The number of carbonyl (C=O) groups is 1. The van der Waals surface area contributed by atoms with Crippen molar-refractivity contribution in [1.29, 1.82) is 0 Å². The van der Waals surface area contributed by atoms with E-state index in [1.165, 1.54) is 7.11 Å². The number of carboxylic acid groups (broad SMARTS) is 1. The summed E-state index contributed by atoms with van der Waals surface area (Å²) in [5.74, 6) is -1.65. The van der Waals surface area contributed by atoms with Crippen LogP contribution >= 0.6 is 0 Å². The average molecular weight is 280 g/mol. The van der Waals surface area contributed by atoms with Gasteiger partial charge in [0.25, 0.3) is 0 Å². The number of hydrogen-bond donors (Lipinski definition) is 1. The van der Waals surface area contributed by atoms with E-state index < -0.39 is 29.0 Å². The highest BCUT2D eigenvalue weighted by molar-refractivity contribution is 5.88. The minimum atomic E-state index is -4.76. The molecule has 0 unspecified atom stereocenters. The number of aromatic nitrogens is 2. The molecule has 1 rings (SSSR count). The molecule has 1 aromatic heterocycles. The summed E-state index contributed by atoms with van der Waals surface area (Å²) in [7, 11) is 1.45. The third-order valence-corrected chi connectivity index (χ3v) is 2.82. The van der Waals surface area contributed by atoms with Gasteiger partial charge in [-0.3, -0.25) is 4.68 Å². The molecule has 8 heteroatoms. The van der Waals surface area contributed by atoms with Crippen molar-refractivity contribution in [2.75, 3.05) is 7.11 Å². The van der Waals surface area contributed by atoms with Gasteiger partial charge >= 0.3 is 12.1 Å². The zero-order chi connectivity index (χ0) is 14.8. The van der Waals surface area contributed by atoms with E-state index in [1.807, 2.05) is 0 Å². The molecule has 0 aliphatic carbocycles. The van der Waals surface area contributed by atoms with Crippen molar-refractivity contribution in [2.24, 2.45) is 0 Å². The largest absolute Gasteiger partial charge is 0.478 e. The normalized spacial score (nSPS) is 12.7. The van der Waals surface area contributed by atoms with Crippen molar-refractivity contribution < 1.29 is 27.8 Å². The number of alkyl halides is 3. The Balaban J connectivity index is 3.06. The topological polar surface area (TPSA) is 64.4 Å². The second kappa shape index (κ2) is 5.20. The Kier molecular flexibility index (Phi) is 4.24. The molecule has 0 atom stereocenters. The zero-order valence-corrected chi connectivity index (χ0v) is 10.8. The third kappa shape index (κ3) is 3.69. The van der Waals surface area contributed by atoms with Gasteiger partial charge in [-0.1, -0.05) is 0 Å². The molecule has 0 bridgehead atoms. The molecule has 0 aromatic carbocycles. The molecule has 0 fully saturated rings. The monoisotopic (exact) mass is 280 g/mol. The maximum atomic E-state index is 12.8. The van der Waals surface area contributed by atoms with Crippen LogP contribution in [-0.2, 0) is 17.5 Å². The Morgan fingerprint density at radius 1 is 1.47 bits per heavy atom. The first-order valence-corrected chi connectivity index (χ1v) is 5.50. The Labute approximate surface area is 108 Å². The highest BCUT2D eigenvalue weighted by atomic mass is 19.4. The molecule has 1 N–H and O–H groups in total. The quantitative estimate of drug-likeness (QED) is 0.899. The van der Waals surface area contributed by atoms with E-state index in [2.05, 4.69) is 5.10 Å². The molecular formula is C11H15F3N2O3. The van der Waals surface area contributed by atoms with Crippen molar-refractivity contribution in [3.05, 3.63) is 17.5 Å². The molecule has 0 saturated carbocycles. The van der Waals surface area contributed by atoms with Crippen LogP contribution in [0.25, 0.3) is 0 Å². The fraction of sp³-hybridized carbons (Fsp3) is 0.636. The SMILES string of the molecule is COC(C)(C)CCn1ncc(C(=O)O)c1C(F)(F)F. The van der Waals surface area contributed by atoms with Gasteiger partial charge in [-0.25, -0.2) is 4.79 Å². The summed E-state index contributed by atoms with van der Waals surface area (Å²) in [6.45, 7) is 3.37. The lowest BCUT2D eigenvalue weighted by Crippen LogP contribution is -2.26. The van der Waals surface area contributed by atoms with Crippen LogP contribution in [0, 0.1) is 0 Å². The van der Waals surface area contributed by atoms with Gasteiger partial charge in [0.1, 0.15) is 5.56 Å². The Hall–Kier alpha value is -1.57. The van der Waals surface area contributed by atoms with Crippen LogP contribution in [0.5, 0.6) is 0 Å². The number of ether oxygens (including phenoxy) is 1. The van der Waals surface area contributed by atoms with Crippen molar-refractivity contribution in [3.63, 3.8) is 0 Å². The predicted molar refractivity (Wildman–Crippen MR) is 59.9 cm³/mol. The van der Waals surface area contributed by atoms with Gasteiger partial charge in [0, 0.05) is 13.7 Å². The first-order valence-electron chi connectivity index (χ1n) is 5.50. The summed E-state index contributed by atoms with van der Waals surface area (Å²) >= 11 is 0.